The number of nitrogens with one attached hydrogen (secondary N) is 1. The summed E-state index contributed by atoms with van der Waals surface area (Å²) in [5, 5.41) is 3.15. The maximum absolute atomic E-state index is 12.4. The average molecular weight is 417 g/mol. The molecule has 29 heavy (non-hydrogen) atoms. The number of fused-ring (bicyclic) bond motifs is 1. The molecule has 1 N–H and O–H groups in total. The Morgan fingerprint density at radius 1 is 1.03 bits per heavy atom. The summed E-state index contributed by atoms with van der Waals surface area (Å²) in [6, 6.07) is 8.85. The van der Waals surface area contributed by atoms with E-state index >= 15 is 0 Å². The Kier molecular flexibility index (Phi) is 7.24. The highest BCUT2D eigenvalue weighted by atomic mass is 32.1. The van der Waals surface area contributed by atoms with Gasteiger partial charge in [-0.2, -0.15) is 0 Å². The van der Waals surface area contributed by atoms with Crippen LogP contribution in [0, 0.1) is 0 Å². The molecular formula is C21H23NO6S. The van der Waals surface area contributed by atoms with E-state index in [1.807, 2.05) is 6.07 Å². The molecule has 154 valence electrons. The van der Waals surface area contributed by atoms with Crippen molar-refractivity contribution in [2.75, 3.05) is 25.1 Å². The summed E-state index contributed by atoms with van der Waals surface area (Å²) in [4.78, 5) is 37.6. The highest BCUT2D eigenvalue weighted by molar-refractivity contribution is 7.17. The van der Waals surface area contributed by atoms with E-state index in [4.69, 9.17) is 14.2 Å². The molecule has 2 aromatic rings. The summed E-state index contributed by atoms with van der Waals surface area (Å²) in [7, 11) is 0. The van der Waals surface area contributed by atoms with Gasteiger partial charge in [0.25, 0.3) is 5.91 Å². The van der Waals surface area contributed by atoms with Crippen molar-refractivity contribution in [2.24, 2.45) is 0 Å². The summed E-state index contributed by atoms with van der Waals surface area (Å²) in [5.74, 6) is -1.06. The van der Waals surface area contributed by atoms with Crippen LogP contribution in [0.4, 0.5) is 5.00 Å². The summed E-state index contributed by atoms with van der Waals surface area (Å²) in [6.45, 7) is 1.25. The van der Waals surface area contributed by atoms with Crippen molar-refractivity contribution < 1.29 is 28.6 Å². The lowest BCUT2D eigenvalue weighted by atomic mass is 9.95. The highest BCUT2D eigenvalue weighted by Crippen LogP contribution is 2.38. The zero-order valence-corrected chi connectivity index (χ0v) is 17.0. The third-order valence-electron chi connectivity index (χ3n) is 4.37. The third kappa shape index (κ3) is 5.57. The van der Waals surface area contributed by atoms with Crippen LogP contribution in [0.3, 0.4) is 0 Å². The van der Waals surface area contributed by atoms with Gasteiger partial charge < -0.3 is 19.5 Å². The van der Waals surface area contributed by atoms with Gasteiger partial charge in [0.05, 0.1) is 12.2 Å². The summed E-state index contributed by atoms with van der Waals surface area (Å²) < 4.78 is 15.4. The minimum Gasteiger partial charge on any atom is -0.482 e. The van der Waals surface area contributed by atoms with Crippen molar-refractivity contribution in [2.45, 2.75) is 32.6 Å². The summed E-state index contributed by atoms with van der Waals surface area (Å²) in [5.41, 5.74) is 1.39. The van der Waals surface area contributed by atoms with Gasteiger partial charge in [-0.1, -0.05) is 18.2 Å². The lowest BCUT2D eigenvalue weighted by Crippen LogP contribution is -2.24. The van der Waals surface area contributed by atoms with Crippen molar-refractivity contribution in [3.63, 3.8) is 0 Å². The number of hydrogen-bond acceptors (Lipinski definition) is 7. The van der Waals surface area contributed by atoms with Gasteiger partial charge >= 0.3 is 11.9 Å². The molecule has 0 saturated heterocycles. The normalized spacial score (nSPS) is 12.6. The van der Waals surface area contributed by atoms with E-state index in [0.717, 1.165) is 36.1 Å². The quantitative estimate of drug-likeness (QED) is 0.663. The zero-order chi connectivity index (χ0) is 20.6. The van der Waals surface area contributed by atoms with Crippen molar-refractivity contribution in [1.82, 2.24) is 0 Å². The minimum atomic E-state index is -0.653. The van der Waals surface area contributed by atoms with Gasteiger partial charge in [0.15, 0.2) is 13.2 Å². The number of ether oxygens (including phenoxy) is 3. The second-order valence-corrected chi connectivity index (χ2v) is 7.55. The minimum absolute atomic E-state index is 0.260. The van der Waals surface area contributed by atoms with Crippen molar-refractivity contribution >= 4 is 34.2 Å². The molecule has 0 bridgehead atoms. The van der Waals surface area contributed by atoms with Crippen LogP contribution in [0.1, 0.15) is 40.6 Å². The fourth-order valence-corrected chi connectivity index (χ4v) is 4.38. The average Bonchev–Trinajstić information content (AvgIpc) is 3.09. The van der Waals surface area contributed by atoms with Gasteiger partial charge in [0.1, 0.15) is 10.8 Å². The van der Waals surface area contributed by atoms with Crippen LogP contribution in [0.2, 0.25) is 0 Å². The molecule has 1 heterocycles. The predicted octanol–water partition coefficient (Wildman–Crippen LogP) is 3.36. The van der Waals surface area contributed by atoms with E-state index in [9.17, 15) is 14.4 Å². The molecule has 1 aliphatic carbocycles. The fraction of sp³-hybridized carbons (Fsp3) is 0.381. The molecule has 1 aliphatic rings. The Hall–Kier alpha value is -2.87. The fourth-order valence-electron chi connectivity index (χ4n) is 3.08. The molecule has 0 spiro atoms. The molecule has 3 rings (SSSR count). The Morgan fingerprint density at radius 3 is 2.55 bits per heavy atom. The maximum Gasteiger partial charge on any atom is 0.344 e. The first-order valence-electron chi connectivity index (χ1n) is 9.53. The summed E-state index contributed by atoms with van der Waals surface area (Å²) >= 11 is 1.39. The van der Waals surface area contributed by atoms with E-state index in [1.165, 1.54) is 11.3 Å². The van der Waals surface area contributed by atoms with Crippen molar-refractivity contribution in [1.29, 1.82) is 0 Å². The van der Waals surface area contributed by atoms with E-state index in [1.54, 1.807) is 31.2 Å². The van der Waals surface area contributed by atoms with E-state index in [2.05, 4.69) is 5.32 Å². The molecule has 1 amide bonds. The van der Waals surface area contributed by atoms with Crippen LogP contribution in [0.25, 0.3) is 0 Å². The van der Waals surface area contributed by atoms with Gasteiger partial charge in [-0.3, -0.25) is 4.79 Å². The smallest absolute Gasteiger partial charge is 0.344 e. The molecule has 1 aromatic carbocycles. The molecule has 8 heteroatoms. The number of rotatable bonds is 8. The van der Waals surface area contributed by atoms with E-state index in [-0.39, 0.29) is 13.2 Å². The van der Waals surface area contributed by atoms with Gasteiger partial charge in [-0.05, 0) is 50.3 Å². The third-order valence-corrected chi connectivity index (χ3v) is 5.58. The first kappa shape index (κ1) is 20.9. The standard InChI is InChI=1S/C21H23NO6S/c1-2-26-21(25)19-15-10-6-7-11-16(15)29-20(19)22-17(23)12-28-18(24)13-27-14-8-4-3-5-9-14/h3-5,8-9H,2,6-7,10-13H2,1H3,(H,22,23). The number of para-hydroxylation sites is 1. The second-order valence-electron chi connectivity index (χ2n) is 6.45. The Balaban J connectivity index is 1.56. The lowest BCUT2D eigenvalue weighted by molar-refractivity contribution is -0.149. The van der Waals surface area contributed by atoms with Crippen LogP contribution < -0.4 is 10.1 Å². The largest absolute Gasteiger partial charge is 0.482 e. The van der Waals surface area contributed by atoms with Crippen LogP contribution in [0.15, 0.2) is 30.3 Å². The van der Waals surface area contributed by atoms with Crippen molar-refractivity contribution in [3.8, 4) is 5.75 Å². The number of carbonyl (C=O) groups excluding carboxylic acids is 3. The van der Waals surface area contributed by atoms with Crippen LogP contribution in [-0.4, -0.2) is 37.7 Å². The first-order chi connectivity index (χ1) is 14.1. The van der Waals surface area contributed by atoms with Gasteiger partial charge in [-0.25, -0.2) is 9.59 Å². The first-order valence-corrected chi connectivity index (χ1v) is 10.3. The molecule has 7 nitrogen and oxygen atoms in total. The number of anilines is 1. The Morgan fingerprint density at radius 2 is 1.79 bits per heavy atom. The second kappa shape index (κ2) is 10.1. The lowest BCUT2D eigenvalue weighted by Gasteiger charge is -2.12. The van der Waals surface area contributed by atoms with Crippen LogP contribution in [-0.2, 0) is 31.9 Å². The summed E-state index contributed by atoms with van der Waals surface area (Å²) in [6.07, 6.45) is 3.74. The number of thiophene rings is 1. The highest BCUT2D eigenvalue weighted by Gasteiger charge is 2.27. The van der Waals surface area contributed by atoms with E-state index < -0.39 is 24.5 Å². The number of aryl methyl sites for hydroxylation is 1. The van der Waals surface area contributed by atoms with Crippen molar-refractivity contribution in [3.05, 3.63) is 46.3 Å². The SMILES string of the molecule is CCOC(=O)c1c(NC(=O)COC(=O)COc2ccccc2)sc2c1CCCC2. The molecule has 0 fully saturated rings. The number of benzene rings is 1. The molecule has 0 aliphatic heterocycles. The van der Waals surface area contributed by atoms with Gasteiger partial charge in [-0.15, -0.1) is 11.3 Å². The number of hydrogen-bond donors (Lipinski definition) is 1. The molecule has 1 aromatic heterocycles. The van der Waals surface area contributed by atoms with Crippen LogP contribution in [0.5, 0.6) is 5.75 Å². The van der Waals surface area contributed by atoms with Crippen LogP contribution >= 0.6 is 11.3 Å². The molecular weight excluding hydrogens is 394 g/mol. The number of esters is 2. The monoisotopic (exact) mass is 417 g/mol. The zero-order valence-electron chi connectivity index (χ0n) is 16.2. The maximum atomic E-state index is 12.4. The van der Waals surface area contributed by atoms with Gasteiger partial charge in [0, 0.05) is 4.88 Å². The predicted molar refractivity (Wildman–Crippen MR) is 108 cm³/mol. The number of carbonyl (C=O) groups is 3. The molecule has 0 saturated carbocycles. The molecule has 0 unspecified atom stereocenters. The molecule has 0 radical (unpaired) electrons. The van der Waals surface area contributed by atoms with E-state index in [0.29, 0.717) is 16.3 Å². The van der Waals surface area contributed by atoms with Gasteiger partial charge in [0.2, 0.25) is 0 Å². The molecule has 0 atom stereocenters. The Labute approximate surface area is 173 Å². The number of amides is 1. The Bertz CT molecular complexity index is 877. The topological polar surface area (TPSA) is 90.9 Å².